The number of carbonyl (C=O) groups is 1. The van der Waals surface area contributed by atoms with Gasteiger partial charge in [-0.15, -0.1) is 5.10 Å². The number of likely N-dealkylation sites (N-methyl/N-ethyl adjacent to an activating group) is 1. The number of rotatable bonds is 8. The summed E-state index contributed by atoms with van der Waals surface area (Å²) in [7, 11) is 0. The average Bonchev–Trinajstić information content (AvgIpc) is 2.74. The standard InChI is InChI=1S/C13H24N4O2S/c1-6-14-13(5,11(18)19-7-2)8-9(3)20-12-15-10(4)16-17-12/h9,14H,6-8H2,1-5H3,(H,15,16,17). The molecule has 0 aliphatic carbocycles. The fourth-order valence-electron chi connectivity index (χ4n) is 2.08. The molecular weight excluding hydrogens is 276 g/mol. The van der Waals surface area contributed by atoms with Gasteiger partial charge in [-0.05, 0) is 33.7 Å². The van der Waals surface area contributed by atoms with Crippen LogP contribution in [0.3, 0.4) is 0 Å². The van der Waals surface area contributed by atoms with Crippen LogP contribution in [0.1, 0.15) is 39.9 Å². The Morgan fingerprint density at radius 1 is 1.55 bits per heavy atom. The molecule has 20 heavy (non-hydrogen) atoms. The van der Waals surface area contributed by atoms with Gasteiger partial charge in [0.25, 0.3) is 0 Å². The Hall–Kier alpha value is -1.08. The van der Waals surface area contributed by atoms with Gasteiger partial charge in [-0.3, -0.25) is 9.89 Å². The van der Waals surface area contributed by atoms with E-state index in [0.717, 1.165) is 5.82 Å². The topological polar surface area (TPSA) is 79.9 Å². The molecule has 7 heteroatoms. The SMILES string of the molecule is CCNC(C)(CC(C)Sc1n[nH]c(C)n1)C(=O)OCC. The summed E-state index contributed by atoms with van der Waals surface area (Å²) < 4.78 is 5.17. The van der Waals surface area contributed by atoms with Crippen LogP contribution in [0.15, 0.2) is 5.16 Å². The molecule has 0 aliphatic rings. The highest BCUT2D eigenvalue weighted by Gasteiger charge is 2.35. The number of esters is 1. The van der Waals surface area contributed by atoms with Gasteiger partial charge in [-0.2, -0.15) is 0 Å². The summed E-state index contributed by atoms with van der Waals surface area (Å²) >= 11 is 1.55. The molecule has 1 heterocycles. The third-order valence-corrected chi connectivity index (χ3v) is 3.83. The van der Waals surface area contributed by atoms with Crippen LogP contribution < -0.4 is 5.32 Å². The molecule has 2 unspecified atom stereocenters. The van der Waals surface area contributed by atoms with Crippen LogP contribution in [0.4, 0.5) is 0 Å². The Bertz CT molecular complexity index is 438. The van der Waals surface area contributed by atoms with Crippen molar-refractivity contribution < 1.29 is 9.53 Å². The zero-order valence-electron chi connectivity index (χ0n) is 12.8. The monoisotopic (exact) mass is 300 g/mol. The molecule has 1 aromatic rings. The summed E-state index contributed by atoms with van der Waals surface area (Å²) in [6.07, 6.45) is 0.651. The predicted molar refractivity (Wildman–Crippen MR) is 79.8 cm³/mol. The molecule has 114 valence electrons. The first-order valence-corrected chi connectivity index (χ1v) is 7.77. The number of thioether (sulfide) groups is 1. The summed E-state index contributed by atoms with van der Waals surface area (Å²) in [6.45, 7) is 10.7. The van der Waals surface area contributed by atoms with Crippen molar-refractivity contribution in [2.75, 3.05) is 13.2 Å². The molecule has 2 N–H and O–H groups in total. The number of aromatic nitrogens is 3. The highest BCUT2D eigenvalue weighted by atomic mass is 32.2. The van der Waals surface area contributed by atoms with Gasteiger partial charge in [0.2, 0.25) is 5.16 Å². The molecule has 0 fully saturated rings. The summed E-state index contributed by atoms with van der Waals surface area (Å²) in [6, 6.07) is 0. The summed E-state index contributed by atoms with van der Waals surface area (Å²) in [5.41, 5.74) is -0.678. The van der Waals surface area contributed by atoms with Gasteiger partial charge in [-0.1, -0.05) is 25.6 Å². The first-order valence-electron chi connectivity index (χ1n) is 6.89. The van der Waals surface area contributed by atoms with Gasteiger partial charge < -0.3 is 10.1 Å². The number of aryl methyl sites for hydroxylation is 1. The van der Waals surface area contributed by atoms with Crippen molar-refractivity contribution in [1.29, 1.82) is 0 Å². The Labute approximate surface area is 124 Å². The van der Waals surface area contributed by atoms with Gasteiger partial charge in [0.05, 0.1) is 6.61 Å². The van der Waals surface area contributed by atoms with E-state index in [-0.39, 0.29) is 11.2 Å². The van der Waals surface area contributed by atoms with E-state index in [9.17, 15) is 4.79 Å². The normalized spacial score (nSPS) is 15.7. The molecule has 0 spiro atoms. The zero-order chi connectivity index (χ0) is 15.2. The number of ether oxygens (including phenoxy) is 1. The van der Waals surface area contributed by atoms with Crippen molar-refractivity contribution in [2.24, 2.45) is 0 Å². The summed E-state index contributed by atoms with van der Waals surface area (Å²) in [4.78, 5) is 16.4. The van der Waals surface area contributed by atoms with Gasteiger partial charge in [0, 0.05) is 5.25 Å². The third kappa shape index (κ3) is 4.79. The Morgan fingerprint density at radius 2 is 2.25 bits per heavy atom. The van der Waals surface area contributed by atoms with E-state index < -0.39 is 5.54 Å². The minimum absolute atomic E-state index is 0.193. The first-order chi connectivity index (χ1) is 9.41. The highest BCUT2D eigenvalue weighted by Crippen LogP contribution is 2.27. The minimum atomic E-state index is -0.678. The molecule has 1 rings (SSSR count). The lowest BCUT2D eigenvalue weighted by atomic mass is 9.96. The molecule has 2 atom stereocenters. The van der Waals surface area contributed by atoms with Crippen molar-refractivity contribution in [3.63, 3.8) is 0 Å². The van der Waals surface area contributed by atoms with Crippen LogP contribution in [-0.2, 0) is 9.53 Å². The fourth-order valence-corrected chi connectivity index (χ4v) is 3.14. The largest absolute Gasteiger partial charge is 0.465 e. The number of carbonyl (C=O) groups excluding carboxylic acids is 1. The number of aromatic amines is 1. The third-order valence-electron chi connectivity index (χ3n) is 2.87. The van der Waals surface area contributed by atoms with E-state index in [1.807, 2.05) is 27.7 Å². The molecule has 0 saturated heterocycles. The van der Waals surface area contributed by atoms with Gasteiger partial charge >= 0.3 is 5.97 Å². The van der Waals surface area contributed by atoms with Crippen molar-refractivity contribution in [3.05, 3.63) is 5.82 Å². The number of H-pyrrole nitrogens is 1. The fraction of sp³-hybridized carbons (Fsp3) is 0.769. The maximum Gasteiger partial charge on any atom is 0.326 e. The van der Waals surface area contributed by atoms with Crippen LogP contribution in [0.25, 0.3) is 0 Å². The number of hydrogen-bond donors (Lipinski definition) is 2. The molecular formula is C13H24N4O2S. The van der Waals surface area contributed by atoms with Gasteiger partial charge in [0.15, 0.2) is 0 Å². The summed E-state index contributed by atoms with van der Waals surface area (Å²) in [5.74, 6) is 0.583. The quantitative estimate of drug-likeness (QED) is 0.564. The van der Waals surface area contributed by atoms with Crippen molar-refractivity contribution in [1.82, 2.24) is 20.5 Å². The molecule has 0 amide bonds. The van der Waals surface area contributed by atoms with Crippen LogP contribution in [0.2, 0.25) is 0 Å². The van der Waals surface area contributed by atoms with E-state index in [4.69, 9.17) is 4.74 Å². The molecule has 0 aliphatic heterocycles. The zero-order valence-corrected chi connectivity index (χ0v) is 13.6. The van der Waals surface area contributed by atoms with Gasteiger partial charge in [0.1, 0.15) is 11.4 Å². The molecule has 0 bridgehead atoms. The van der Waals surface area contributed by atoms with E-state index in [2.05, 4.69) is 27.4 Å². The number of nitrogens with zero attached hydrogens (tertiary/aromatic N) is 2. The first kappa shape index (κ1) is 17.0. The highest BCUT2D eigenvalue weighted by molar-refractivity contribution is 7.99. The number of nitrogens with one attached hydrogen (secondary N) is 2. The Kier molecular flexibility index (Phi) is 6.48. The lowest BCUT2D eigenvalue weighted by molar-refractivity contribution is -0.150. The average molecular weight is 300 g/mol. The molecule has 1 aromatic heterocycles. The van der Waals surface area contributed by atoms with Gasteiger partial charge in [-0.25, -0.2) is 4.98 Å². The van der Waals surface area contributed by atoms with Crippen LogP contribution in [-0.4, -0.2) is 45.1 Å². The smallest absolute Gasteiger partial charge is 0.326 e. The van der Waals surface area contributed by atoms with Crippen molar-refractivity contribution in [2.45, 2.75) is 57.0 Å². The molecule has 0 saturated carbocycles. The molecule has 6 nitrogen and oxygen atoms in total. The summed E-state index contributed by atoms with van der Waals surface area (Å²) in [5, 5.41) is 11.0. The second-order valence-corrected chi connectivity index (χ2v) is 6.32. The molecule has 0 radical (unpaired) electrons. The maximum atomic E-state index is 12.1. The Morgan fingerprint density at radius 3 is 2.75 bits per heavy atom. The lowest BCUT2D eigenvalue weighted by Gasteiger charge is -2.30. The lowest BCUT2D eigenvalue weighted by Crippen LogP contribution is -2.51. The Balaban J connectivity index is 2.66. The van der Waals surface area contributed by atoms with Crippen molar-refractivity contribution >= 4 is 17.7 Å². The van der Waals surface area contributed by atoms with E-state index in [0.29, 0.717) is 24.7 Å². The van der Waals surface area contributed by atoms with Crippen LogP contribution in [0, 0.1) is 6.92 Å². The second-order valence-electron chi connectivity index (χ2n) is 4.92. The second kappa shape index (κ2) is 7.64. The van der Waals surface area contributed by atoms with Crippen LogP contribution in [0.5, 0.6) is 0 Å². The van der Waals surface area contributed by atoms with E-state index in [1.54, 1.807) is 11.8 Å². The van der Waals surface area contributed by atoms with E-state index >= 15 is 0 Å². The van der Waals surface area contributed by atoms with Crippen molar-refractivity contribution in [3.8, 4) is 0 Å². The minimum Gasteiger partial charge on any atom is -0.465 e. The predicted octanol–water partition coefficient (Wildman–Crippen LogP) is 1.92. The molecule has 0 aromatic carbocycles. The van der Waals surface area contributed by atoms with E-state index in [1.165, 1.54) is 0 Å². The maximum absolute atomic E-state index is 12.1. The number of hydrogen-bond acceptors (Lipinski definition) is 6. The van der Waals surface area contributed by atoms with Crippen LogP contribution >= 0.6 is 11.8 Å².